The largest absolute Gasteiger partial charge is 0.497 e. The second kappa shape index (κ2) is 12.9. The maximum Gasteiger partial charge on any atom is 0.497 e. The normalized spacial score (nSPS) is 20.2. The molecule has 194 valence electrons. The number of rotatable bonds is 11. The first-order valence-electron chi connectivity index (χ1n) is 11.4. The third-order valence-corrected chi connectivity index (χ3v) is 8.93. The molecule has 1 aliphatic rings. The molecule has 1 fully saturated rings. The Kier molecular flexibility index (Phi) is 11.1. The first-order chi connectivity index (χ1) is 15.8. The van der Waals surface area contributed by atoms with Gasteiger partial charge < -0.3 is 14.6 Å². The summed E-state index contributed by atoms with van der Waals surface area (Å²) < 4.78 is 70.9. The van der Waals surface area contributed by atoms with Gasteiger partial charge in [0.15, 0.2) is 6.29 Å². The summed E-state index contributed by atoms with van der Waals surface area (Å²) in [6.45, 7) is 4.13. The van der Waals surface area contributed by atoms with Gasteiger partial charge in [-0.25, -0.2) is 13.2 Å². The maximum atomic E-state index is 12.6. The molecule has 0 bridgehead atoms. The number of alkyl halides is 3. The molecule has 1 N–H and O–H groups in total. The summed E-state index contributed by atoms with van der Waals surface area (Å²) >= 11 is 2.15. The number of aliphatic hydroxyl groups is 1. The zero-order chi connectivity index (χ0) is 25.5. The van der Waals surface area contributed by atoms with Crippen LogP contribution in [0.25, 0.3) is 0 Å². The number of carbonyl (C=O) groups excluding carboxylic acids is 1. The molecule has 0 radical (unpaired) electrons. The summed E-state index contributed by atoms with van der Waals surface area (Å²) in [6.07, 6.45) is 2.71. The Morgan fingerprint density at radius 3 is 2.35 bits per heavy atom. The van der Waals surface area contributed by atoms with E-state index in [2.05, 4.69) is 22.6 Å². The minimum atomic E-state index is -5.20. The quantitative estimate of drug-likeness (QED) is 0.153. The fourth-order valence-corrected chi connectivity index (χ4v) is 5.36. The number of carbonyl (C=O) groups is 1. The van der Waals surface area contributed by atoms with Gasteiger partial charge in [-0.15, -0.1) is 0 Å². The molecule has 1 aromatic carbocycles. The second-order valence-electron chi connectivity index (χ2n) is 8.83. The van der Waals surface area contributed by atoms with E-state index in [1.54, 1.807) is 0 Å². The van der Waals surface area contributed by atoms with E-state index in [9.17, 15) is 31.5 Å². The molecule has 34 heavy (non-hydrogen) atoms. The summed E-state index contributed by atoms with van der Waals surface area (Å²) in [7, 11) is -5.06. The number of aliphatic hydroxyl groups excluding tert-OH is 1. The fourth-order valence-electron chi connectivity index (χ4n) is 4.01. The molecule has 1 aromatic rings. The van der Waals surface area contributed by atoms with Gasteiger partial charge >= 0.3 is 11.5 Å². The van der Waals surface area contributed by atoms with Crippen molar-refractivity contribution in [1.82, 2.24) is 0 Å². The van der Waals surface area contributed by atoms with Crippen LogP contribution in [0.5, 0.6) is 0 Å². The third kappa shape index (κ3) is 8.63. The molecule has 0 aliphatic heterocycles. The van der Waals surface area contributed by atoms with Crippen molar-refractivity contribution in [3.05, 3.63) is 32.4 Å². The van der Waals surface area contributed by atoms with E-state index in [0.29, 0.717) is 50.5 Å². The van der Waals surface area contributed by atoms with E-state index in [1.807, 2.05) is 26.0 Å². The zero-order valence-electron chi connectivity index (χ0n) is 19.4. The fraction of sp³-hybridized carbons (Fsp3) is 0.696. The molecule has 1 atom stereocenters. The SMILES string of the molecule is Cc1cc(C)c(I)c(C(=O)OC2CCC(C(O)OCCCCCCS(=O)(=O)C(F)(F)F)CC2)c1. The number of hydrogen-bond donors (Lipinski definition) is 1. The monoisotopic (exact) mass is 620 g/mol. The number of aryl methyl sites for hydroxylation is 2. The summed E-state index contributed by atoms with van der Waals surface area (Å²) in [5.41, 5.74) is -2.60. The Hall–Kier alpha value is -0.920. The highest BCUT2D eigenvalue weighted by Gasteiger charge is 2.44. The first kappa shape index (κ1) is 29.3. The first-order valence-corrected chi connectivity index (χ1v) is 14.1. The smallest absolute Gasteiger partial charge is 0.459 e. The Bertz CT molecular complexity index is 927. The van der Waals surface area contributed by atoms with Crippen molar-refractivity contribution < 1.29 is 41.0 Å². The molecule has 11 heteroatoms. The van der Waals surface area contributed by atoms with E-state index in [4.69, 9.17) is 9.47 Å². The number of halogens is 4. The Morgan fingerprint density at radius 2 is 1.74 bits per heavy atom. The lowest BCUT2D eigenvalue weighted by molar-refractivity contribution is -0.146. The van der Waals surface area contributed by atoms with Gasteiger partial charge in [-0.2, -0.15) is 13.2 Å². The van der Waals surface area contributed by atoms with E-state index < -0.39 is 27.4 Å². The molecule has 2 rings (SSSR count). The molecule has 0 spiro atoms. The molecule has 6 nitrogen and oxygen atoms in total. The zero-order valence-corrected chi connectivity index (χ0v) is 22.3. The van der Waals surface area contributed by atoms with Crippen molar-refractivity contribution in [2.75, 3.05) is 12.4 Å². The van der Waals surface area contributed by atoms with Gasteiger partial charge in [0, 0.05) is 16.1 Å². The highest BCUT2D eigenvalue weighted by Crippen LogP contribution is 2.30. The van der Waals surface area contributed by atoms with Crippen LogP contribution in [-0.2, 0) is 19.3 Å². The van der Waals surface area contributed by atoms with E-state index in [-0.39, 0.29) is 31.0 Å². The topological polar surface area (TPSA) is 89.9 Å². The van der Waals surface area contributed by atoms with E-state index in [0.717, 1.165) is 14.7 Å². The van der Waals surface area contributed by atoms with Crippen LogP contribution in [0.2, 0.25) is 0 Å². The van der Waals surface area contributed by atoms with Crippen LogP contribution < -0.4 is 0 Å². The third-order valence-electron chi connectivity index (χ3n) is 5.96. The second-order valence-corrected chi connectivity index (χ2v) is 12.0. The van der Waals surface area contributed by atoms with E-state index in [1.165, 1.54) is 0 Å². The molecule has 1 unspecified atom stereocenters. The van der Waals surface area contributed by atoms with Crippen molar-refractivity contribution >= 4 is 38.4 Å². The highest BCUT2D eigenvalue weighted by molar-refractivity contribution is 14.1. The van der Waals surface area contributed by atoms with Crippen LogP contribution in [0, 0.1) is 23.3 Å². The van der Waals surface area contributed by atoms with Crippen molar-refractivity contribution in [1.29, 1.82) is 0 Å². The van der Waals surface area contributed by atoms with Gasteiger partial charge in [0.1, 0.15) is 6.10 Å². The number of sulfone groups is 1. The molecular formula is C23H32F3IO6S. The van der Waals surface area contributed by atoms with Crippen LogP contribution in [-0.4, -0.2) is 49.8 Å². The summed E-state index contributed by atoms with van der Waals surface area (Å²) in [4.78, 5) is 12.6. The summed E-state index contributed by atoms with van der Waals surface area (Å²) in [6, 6.07) is 3.85. The Balaban J connectivity index is 1.64. The van der Waals surface area contributed by atoms with Crippen LogP contribution in [0.15, 0.2) is 12.1 Å². The lowest BCUT2D eigenvalue weighted by Gasteiger charge is -2.31. The number of unbranched alkanes of at least 4 members (excludes halogenated alkanes) is 3. The Morgan fingerprint density at radius 1 is 1.12 bits per heavy atom. The Labute approximate surface area is 212 Å². The van der Waals surface area contributed by atoms with Gasteiger partial charge in [-0.05, 0) is 92.2 Å². The molecule has 0 heterocycles. The summed E-state index contributed by atoms with van der Waals surface area (Å²) in [5, 5.41) is 10.3. The van der Waals surface area contributed by atoms with Gasteiger partial charge in [-0.1, -0.05) is 18.9 Å². The number of esters is 1. The van der Waals surface area contributed by atoms with E-state index >= 15 is 0 Å². The maximum absolute atomic E-state index is 12.6. The predicted octanol–water partition coefficient (Wildman–Crippen LogP) is 5.45. The number of benzene rings is 1. The van der Waals surface area contributed by atoms with Gasteiger partial charge in [-0.3, -0.25) is 0 Å². The molecular weight excluding hydrogens is 588 g/mol. The highest BCUT2D eigenvalue weighted by atomic mass is 127. The molecule has 0 aromatic heterocycles. The minimum Gasteiger partial charge on any atom is -0.459 e. The van der Waals surface area contributed by atoms with Crippen LogP contribution in [0.1, 0.15) is 72.9 Å². The van der Waals surface area contributed by atoms with Crippen LogP contribution in [0.4, 0.5) is 13.2 Å². The standard InChI is InChI=1S/C23H32F3IO6S/c1-15-13-16(2)20(27)19(14-15)22(29)33-18-9-7-17(8-10-18)21(28)32-11-5-3-4-6-12-34(30,31)23(24,25)26/h13-14,17-18,21,28H,3-12H2,1-2H3. The van der Waals surface area contributed by atoms with Gasteiger partial charge in [0.25, 0.3) is 0 Å². The number of ether oxygens (including phenoxy) is 2. The lowest BCUT2D eigenvalue weighted by Crippen LogP contribution is -2.32. The van der Waals surface area contributed by atoms with Crippen molar-refractivity contribution in [2.24, 2.45) is 5.92 Å². The minimum absolute atomic E-state index is 0.0612. The van der Waals surface area contributed by atoms with Gasteiger partial charge in [0.2, 0.25) is 9.84 Å². The predicted molar refractivity (Wildman–Crippen MR) is 130 cm³/mol. The van der Waals surface area contributed by atoms with Crippen molar-refractivity contribution in [3.8, 4) is 0 Å². The van der Waals surface area contributed by atoms with Crippen LogP contribution in [0.3, 0.4) is 0 Å². The lowest BCUT2D eigenvalue weighted by atomic mass is 9.87. The molecule has 0 saturated heterocycles. The average Bonchev–Trinajstić information content (AvgIpc) is 2.75. The van der Waals surface area contributed by atoms with Crippen molar-refractivity contribution in [3.63, 3.8) is 0 Å². The van der Waals surface area contributed by atoms with Gasteiger partial charge in [0.05, 0.1) is 11.3 Å². The number of hydrogen-bond acceptors (Lipinski definition) is 6. The van der Waals surface area contributed by atoms with Crippen molar-refractivity contribution in [2.45, 2.75) is 83.1 Å². The summed E-state index contributed by atoms with van der Waals surface area (Å²) in [5.74, 6) is -1.32. The molecule has 1 aliphatic carbocycles. The molecule has 1 saturated carbocycles. The average molecular weight is 620 g/mol. The van der Waals surface area contributed by atoms with Crippen LogP contribution >= 0.6 is 22.6 Å². The molecule has 0 amide bonds.